The molecule has 29 heavy (non-hydrogen) atoms. The number of sulfone groups is 1. The highest BCUT2D eigenvalue weighted by atomic mass is 32.2. The molecule has 6 heteroatoms. The molecule has 0 atom stereocenters. The normalized spacial score (nSPS) is 12.2. The van der Waals surface area contributed by atoms with Crippen LogP contribution in [0.5, 0.6) is 0 Å². The molecular formula is C23H27N3O2S. The van der Waals surface area contributed by atoms with Crippen molar-refractivity contribution in [2.45, 2.75) is 31.8 Å². The molecular weight excluding hydrogens is 382 g/mol. The van der Waals surface area contributed by atoms with Crippen molar-refractivity contribution in [3.05, 3.63) is 77.4 Å². The Morgan fingerprint density at radius 3 is 2.34 bits per heavy atom. The highest BCUT2D eigenvalue weighted by molar-refractivity contribution is 7.90. The molecule has 3 rings (SSSR count). The van der Waals surface area contributed by atoms with Gasteiger partial charge in [-0.05, 0) is 53.4 Å². The fourth-order valence-electron chi connectivity index (χ4n) is 3.27. The zero-order valence-electron chi connectivity index (χ0n) is 17.1. The van der Waals surface area contributed by atoms with Crippen LogP contribution in [0, 0.1) is 6.92 Å². The molecule has 3 aromatic rings. The third-order valence-electron chi connectivity index (χ3n) is 4.68. The van der Waals surface area contributed by atoms with Gasteiger partial charge in [0.25, 0.3) is 0 Å². The number of hydrogen-bond acceptors (Lipinski definition) is 3. The third kappa shape index (κ3) is 5.57. The van der Waals surface area contributed by atoms with E-state index >= 15 is 0 Å². The van der Waals surface area contributed by atoms with Gasteiger partial charge in [0.1, 0.15) is 0 Å². The number of guanidine groups is 1. The molecule has 0 aliphatic heterocycles. The summed E-state index contributed by atoms with van der Waals surface area (Å²) in [4.78, 5) is 5.01. The molecule has 3 aromatic carbocycles. The third-order valence-corrected chi connectivity index (χ3v) is 5.93. The summed E-state index contributed by atoms with van der Waals surface area (Å²) in [6.07, 6.45) is 1.23. The number of rotatable bonds is 6. The Morgan fingerprint density at radius 2 is 1.66 bits per heavy atom. The van der Waals surface area contributed by atoms with E-state index in [0.29, 0.717) is 18.0 Å². The van der Waals surface area contributed by atoms with E-state index in [-0.39, 0.29) is 0 Å². The van der Waals surface area contributed by atoms with Gasteiger partial charge in [-0.25, -0.2) is 13.4 Å². The molecule has 0 saturated heterocycles. The van der Waals surface area contributed by atoms with Crippen molar-refractivity contribution in [3.63, 3.8) is 0 Å². The lowest BCUT2D eigenvalue weighted by molar-refractivity contribution is 0.601. The van der Waals surface area contributed by atoms with E-state index in [1.165, 1.54) is 22.6 Å². The minimum Gasteiger partial charge on any atom is -0.357 e. The Labute approximate surface area is 172 Å². The summed E-state index contributed by atoms with van der Waals surface area (Å²) < 4.78 is 23.5. The highest BCUT2D eigenvalue weighted by Crippen LogP contribution is 2.17. The number of nitrogens with one attached hydrogen (secondary N) is 2. The fourth-order valence-corrected chi connectivity index (χ4v) is 4.23. The number of aryl methyl sites for hydroxylation is 1. The molecule has 5 nitrogen and oxygen atoms in total. The first-order valence-corrected chi connectivity index (χ1v) is 11.6. The van der Waals surface area contributed by atoms with Gasteiger partial charge in [-0.15, -0.1) is 0 Å². The minimum atomic E-state index is -3.21. The second-order valence-corrected chi connectivity index (χ2v) is 9.09. The molecule has 0 fully saturated rings. The summed E-state index contributed by atoms with van der Waals surface area (Å²) in [7, 11) is -3.21. The highest BCUT2D eigenvalue weighted by Gasteiger charge is 2.10. The van der Waals surface area contributed by atoms with Gasteiger partial charge in [-0.3, -0.25) is 0 Å². The summed E-state index contributed by atoms with van der Waals surface area (Å²) in [5.41, 5.74) is 2.90. The molecule has 0 radical (unpaired) electrons. The second kappa shape index (κ2) is 9.09. The summed E-state index contributed by atoms with van der Waals surface area (Å²) in [5, 5.41) is 9.06. The molecule has 0 aliphatic carbocycles. The SMILES string of the molecule is CCNC(=NCc1ccc(S(C)(=O)=O)c(C)c1)NCc1ccc2ccccc2c1. The maximum Gasteiger partial charge on any atom is 0.191 e. The van der Waals surface area contributed by atoms with Crippen molar-refractivity contribution >= 4 is 26.6 Å². The number of hydrogen-bond donors (Lipinski definition) is 2. The standard InChI is InChI=1S/C23H27N3O2S/c1-4-24-23(25-15-18-10-12-22(17(2)13-18)29(3,27)28)26-16-19-9-11-20-7-5-6-8-21(20)14-19/h5-14H,4,15-16H2,1-3H3,(H2,24,25,26). The average Bonchev–Trinajstić information content (AvgIpc) is 2.69. The van der Waals surface area contributed by atoms with E-state index in [9.17, 15) is 8.42 Å². The molecule has 0 bridgehead atoms. The summed E-state index contributed by atoms with van der Waals surface area (Å²) >= 11 is 0. The lowest BCUT2D eigenvalue weighted by Gasteiger charge is -2.12. The Kier molecular flexibility index (Phi) is 6.54. The topological polar surface area (TPSA) is 70.6 Å². The molecule has 0 amide bonds. The van der Waals surface area contributed by atoms with Gasteiger partial charge < -0.3 is 10.6 Å². The molecule has 0 aliphatic rings. The van der Waals surface area contributed by atoms with Crippen molar-refractivity contribution in [3.8, 4) is 0 Å². The van der Waals surface area contributed by atoms with E-state index in [1.807, 2.05) is 38.1 Å². The molecule has 0 spiro atoms. The van der Waals surface area contributed by atoms with Crippen LogP contribution in [0.4, 0.5) is 0 Å². The molecule has 0 heterocycles. The fraction of sp³-hybridized carbons (Fsp3) is 0.261. The number of fused-ring (bicyclic) bond motifs is 1. The van der Waals surface area contributed by atoms with E-state index in [4.69, 9.17) is 0 Å². The van der Waals surface area contributed by atoms with E-state index < -0.39 is 9.84 Å². The Morgan fingerprint density at radius 1 is 0.931 bits per heavy atom. The van der Waals surface area contributed by atoms with Gasteiger partial charge in [-0.1, -0.05) is 48.5 Å². The van der Waals surface area contributed by atoms with Gasteiger partial charge in [0, 0.05) is 19.3 Å². The smallest absolute Gasteiger partial charge is 0.191 e. The van der Waals surface area contributed by atoms with Gasteiger partial charge in [-0.2, -0.15) is 0 Å². The van der Waals surface area contributed by atoms with E-state index in [2.05, 4.69) is 46.0 Å². The first-order valence-electron chi connectivity index (χ1n) is 9.66. The van der Waals surface area contributed by atoms with Crippen LogP contribution in [-0.4, -0.2) is 27.2 Å². The molecule has 0 aromatic heterocycles. The van der Waals surface area contributed by atoms with Crippen molar-refractivity contribution < 1.29 is 8.42 Å². The van der Waals surface area contributed by atoms with Crippen LogP contribution in [0.15, 0.2) is 70.6 Å². The van der Waals surface area contributed by atoms with Crippen LogP contribution in [0.2, 0.25) is 0 Å². The van der Waals surface area contributed by atoms with Crippen molar-refractivity contribution in [2.24, 2.45) is 4.99 Å². The van der Waals surface area contributed by atoms with E-state index in [0.717, 1.165) is 23.6 Å². The van der Waals surface area contributed by atoms with Crippen LogP contribution in [0.25, 0.3) is 10.8 Å². The second-order valence-electron chi connectivity index (χ2n) is 7.10. The van der Waals surface area contributed by atoms with Crippen molar-refractivity contribution in [2.75, 3.05) is 12.8 Å². The molecule has 152 valence electrons. The first kappa shape index (κ1) is 20.9. The lowest BCUT2D eigenvalue weighted by atomic mass is 10.1. The Bertz CT molecular complexity index is 1140. The van der Waals surface area contributed by atoms with Gasteiger partial charge >= 0.3 is 0 Å². The molecule has 2 N–H and O–H groups in total. The largest absolute Gasteiger partial charge is 0.357 e. The van der Waals surface area contributed by atoms with Crippen LogP contribution in [-0.2, 0) is 22.9 Å². The van der Waals surface area contributed by atoms with Crippen LogP contribution in [0.3, 0.4) is 0 Å². The quantitative estimate of drug-likeness (QED) is 0.480. The van der Waals surface area contributed by atoms with Gasteiger partial charge in [0.05, 0.1) is 11.4 Å². The maximum absolute atomic E-state index is 11.8. The monoisotopic (exact) mass is 409 g/mol. The molecule has 0 saturated carbocycles. The predicted octanol–water partition coefficient (Wildman–Crippen LogP) is 3.81. The van der Waals surface area contributed by atoms with Crippen LogP contribution in [0.1, 0.15) is 23.6 Å². The van der Waals surface area contributed by atoms with Crippen molar-refractivity contribution in [1.29, 1.82) is 0 Å². The lowest BCUT2D eigenvalue weighted by Crippen LogP contribution is -2.36. The first-order chi connectivity index (χ1) is 13.9. The number of nitrogens with zero attached hydrogens (tertiary/aromatic N) is 1. The van der Waals surface area contributed by atoms with Crippen LogP contribution >= 0.6 is 0 Å². The summed E-state index contributed by atoms with van der Waals surface area (Å²) in [6, 6.07) is 20.1. The number of benzene rings is 3. The Balaban J connectivity index is 1.70. The van der Waals surface area contributed by atoms with Crippen molar-refractivity contribution in [1.82, 2.24) is 10.6 Å². The molecule has 0 unspecified atom stereocenters. The average molecular weight is 410 g/mol. The van der Waals surface area contributed by atoms with E-state index in [1.54, 1.807) is 6.07 Å². The van der Waals surface area contributed by atoms with Crippen LogP contribution < -0.4 is 10.6 Å². The summed E-state index contributed by atoms with van der Waals surface area (Å²) in [6.45, 7) is 5.74. The van der Waals surface area contributed by atoms with Gasteiger partial charge in [0.15, 0.2) is 15.8 Å². The zero-order chi connectivity index (χ0) is 20.9. The maximum atomic E-state index is 11.8. The van der Waals surface area contributed by atoms with Gasteiger partial charge in [0.2, 0.25) is 0 Å². The zero-order valence-corrected chi connectivity index (χ0v) is 17.9. The minimum absolute atomic E-state index is 0.367. The Hall–Kier alpha value is -2.86. The summed E-state index contributed by atoms with van der Waals surface area (Å²) in [5.74, 6) is 0.727. The predicted molar refractivity (Wildman–Crippen MR) is 120 cm³/mol. The number of aliphatic imine (C=N–C) groups is 1.